The van der Waals surface area contributed by atoms with Crippen LogP contribution in [0.1, 0.15) is 43.7 Å². The highest BCUT2D eigenvalue weighted by Crippen LogP contribution is 2.19. The van der Waals surface area contributed by atoms with Crippen LogP contribution in [0, 0.1) is 5.82 Å². The van der Waals surface area contributed by atoms with E-state index in [0.717, 1.165) is 42.6 Å². The largest absolute Gasteiger partial charge is 0.352 e. The van der Waals surface area contributed by atoms with Gasteiger partial charge in [-0.3, -0.25) is 9.59 Å². The first-order valence-corrected chi connectivity index (χ1v) is 11.6. The van der Waals surface area contributed by atoms with Crippen LogP contribution in [0.4, 0.5) is 4.39 Å². The summed E-state index contributed by atoms with van der Waals surface area (Å²) in [5, 5.41) is 3.09. The van der Waals surface area contributed by atoms with E-state index in [-0.39, 0.29) is 36.0 Å². The summed E-state index contributed by atoms with van der Waals surface area (Å²) in [6.07, 6.45) is 4.26. The molecule has 2 amide bonds. The third-order valence-corrected chi connectivity index (χ3v) is 6.46. The van der Waals surface area contributed by atoms with E-state index in [9.17, 15) is 14.0 Å². The Labute approximate surface area is 182 Å². The second-order valence-corrected chi connectivity index (χ2v) is 8.78. The first-order valence-electron chi connectivity index (χ1n) is 10.5. The fourth-order valence-electron chi connectivity index (χ4n) is 3.67. The van der Waals surface area contributed by atoms with Crippen molar-refractivity contribution in [2.24, 2.45) is 0 Å². The number of carbonyl (C=O) groups is 2. The number of amides is 2. The van der Waals surface area contributed by atoms with Gasteiger partial charge in [-0.2, -0.15) is 0 Å². The van der Waals surface area contributed by atoms with Gasteiger partial charge in [-0.15, -0.1) is 11.8 Å². The quantitative estimate of drug-likeness (QED) is 0.638. The Bertz CT molecular complexity index is 823. The molecule has 1 saturated carbocycles. The minimum absolute atomic E-state index is 0.0886. The highest BCUT2D eigenvalue weighted by atomic mass is 32.2. The van der Waals surface area contributed by atoms with E-state index in [1.807, 2.05) is 30.3 Å². The molecule has 0 aliphatic heterocycles. The van der Waals surface area contributed by atoms with E-state index in [1.54, 1.807) is 24.0 Å². The maximum atomic E-state index is 13.3. The van der Waals surface area contributed by atoms with E-state index in [0.29, 0.717) is 0 Å². The van der Waals surface area contributed by atoms with E-state index < -0.39 is 6.04 Å². The molecule has 6 heteroatoms. The maximum absolute atomic E-state index is 13.3. The molecule has 1 fully saturated rings. The number of carbonyl (C=O) groups excluding carboxylic acids is 2. The smallest absolute Gasteiger partial charge is 0.242 e. The van der Waals surface area contributed by atoms with Gasteiger partial charge in [0.05, 0.1) is 5.75 Å². The van der Waals surface area contributed by atoms with E-state index >= 15 is 0 Å². The molecule has 0 saturated heterocycles. The summed E-state index contributed by atoms with van der Waals surface area (Å²) in [6, 6.07) is 15.7. The van der Waals surface area contributed by atoms with Gasteiger partial charge in [0.1, 0.15) is 11.9 Å². The third kappa shape index (κ3) is 6.59. The van der Waals surface area contributed by atoms with Crippen LogP contribution in [0.25, 0.3) is 0 Å². The SMILES string of the molecule is C[C@H](C(=O)NC1CCCC1)N(Cc1ccc(F)cc1)C(=O)CSCc1ccccc1. The minimum atomic E-state index is -0.583. The van der Waals surface area contributed by atoms with Crippen LogP contribution >= 0.6 is 11.8 Å². The Kier molecular flexibility index (Phi) is 8.31. The van der Waals surface area contributed by atoms with E-state index in [4.69, 9.17) is 0 Å². The average molecular weight is 429 g/mol. The van der Waals surface area contributed by atoms with Crippen molar-refractivity contribution < 1.29 is 14.0 Å². The average Bonchev–Trinajstić information content (AvgIpc) is 3.26. The van der Waals surface area contributed by atoms with Crippen LogP contribution in [0.5, 0.6) is 0 Å². The van der Waals surface area contributed by atoms with Gasteiger partial charge in [0.25, 0.3) is 0 Å². The summed E-state index contributed by atoms with van der Waals surface area (Å²) >= 11 is 1.53. The molecule has 2 aromatic rings. The minimum Gasteiger partial charge on any atom is -0.352 e. The number of hydrogen-bond donors (Lipinski definition) is 1. The Balaban J connectivity index is 1.64. The van der Waals surface area contributed by atoms with Gasteiger partial charge in [0.15, 0.2) is 0 Å². The van der Waals surface area contributed by atoms with E-state index in [2.05, 4.69) is 5.32 Å². The summed E-state index contributed by atoms with van der Waals surface area (Å²) in [5.41, 5.74) is 1.96. The van der Waals surface area contributed by atoms with Crippen LogP contribution in [0.15, 0.2) is 54.6 Å². The molecule has 1 aliphatic rings. The van der Waals surface area contributed by atoms with Crippen molar-refractivity contribution in [1.82, 2.24) is 10.2 Å². The molecular formula is C24H29FN2O2S. The molecule has 0 aromatic heterocycles. The predicted octanol–water partition coefficient (Wildman–Crippen LogP) is 4.54. The van der Waals surface area contributed by atoms with Crippen molar-refractivity contribution in [3.8, 4) is 0 Å². The number of nitrogens with one attached hydrogen (secondary N) is 1. The van der Waals surface area contributed by atoms with Gasteiger partial charge in [-0.05, 0) is 43.0 Å². The predicted molar refractivity (Wildman–Crippen MR) is 119 cm³/mol. The lowest BCUT2D eigenvalue weighted by Gasteiger charge is -2.29. The second-order valence-electron chi connectivity index (χ2n) is 7.79. The zero-order valence-corrected chi connectivity index (χ0v) is 18.2. The fourth-order valence-corrected chi connectivity index (χ4v) is 4.55. The highest BCUT2D eigenvalue weighted by Gasteiger charge is 2.28. The van der Waals surface area contributed by atoms with E-state index in [1.165, 1.54) is 23.9 Å². The number of hydrogen-bond acceptors (Lipinski definition) is 3. The molecule has 3 rings (SSSR count). The summed E-state index contributed by atoms with van der Waals surface area (Å²) in [6.45, 7) is 2.05. The molecule has 2 aromatic carbocycles. The van der Waals surface area contributed by atoms with Crippen LogP contribution in [0.3, 0.4) is 0 Å². The summed E-state index contributed by atoms with van der Waals surface area (Å²) in [5.74, 6) is 0.498. The van der Waals surface area contributed by atoms with Crippen LogP contribution in [-0.2, 0) is 21.9 Å². The first-order chi connectivity index (χ1) is 14.5. The van der Waals surface area contributed by atoms with Gasteiger partial charge >= 0.3 is 0 Å². The Morgan fingerprint density at radius 2 is 1.73 bits per heavy atom. The Morgan fingerprint density at radius 1 is 1.07 bits per heavy atom. The van der Waals surface area contributed by atoms with Gasteiger partial charge in [-0.1, -0.05) is 55.3 Å². The molecule has 1 aliphatic carbocycles. The Morgan fingerprint density at radius 3 is 2.40 bits per heavy atom. The molecule has 0 radical (unpaired) electrons. The van der Waals surface area contributed by atoms with Crippen molar-refractivity contribution in [3.63, 3.8) is 0 Å². The summed E-state index contributed by atoms with van der Waals surface area (Å²) < 4.78 is 13.3. The molecule has 4 nitrogen and oxygen atoms in total. The third-order valence-electron chi connectivity index (χ3n) is 5.47. The molecule has 160 valence electrons. The van der Waals surface area contributed by atoms with Gasteiger partial charge in [0, 0.05) is 18.3 Å². The molecule has 30 heavy (non-hydrogen) atoms. The standard InChI is InChI=1S/C24H29FN2O2S/c1-18(24(29)26-22-9-5-6-10-22)27(15-19-11-13-21(25)14-12-19)23(28)17-30-16-20-7-3-2-4-8-20/h2-4,7-8,11-14,18,22H,5-6,9-10,15-17H2,1H3,(H,26,29)/t18-/m1/s1. The fraction of sp³-hybridized carbons (Fsp3) is 0.417. The normalized spacial score (nSPS) is 15.0. The summed E-state index contributed by atoms with van der Waals surface area (Å²) in [4.78, 5) is 27.5. The van der Waals surface area contributed by atoms with Gasteiger partial charge in [0.2, 0.25) is 11.8 Å². The van der Waals surface area contributed by atoms with Crippen LogP contribution in [0.2, 0.25) is 0 Å². The lowest BCUT2D eigenvalue weighted by atomic mass is 10.1. The molecular weight excluding hydrogens is 399 g/mol. The number of benzene rings is 2. The van der Waals surface area contributed by atoms with Gasteiger partial charge < -0.3 is 10.2 Å². The van der Waals surface area contributed by atoms with Crippen molar-refractivity contribution in [1.29, 1.82) is 0 Å². The molecule has 0 bridgehead atoms. The topological polar surface area (TPSA) is 49.4 Å². The Hall–Kier alpha value is -2.34. The van der Waals surface area contributed by atoms with Gasteiger partial charge in [-0.25, -0.2) is 4.39 Å². The van der Waals surface area contributed by atoms with Crippen molar-refractivity contribution in [2.45, 2.75) is 57.0 Å². The molecule has 1 N–H and O–H groups in total. The zero-order chi connectivity index (χ0) is 21.3. The number of halogens is 1. The maximum Gasteiger partial charge on any atom is 0.242 e. The number of nitrogens with zero attached hydrogens (tertiary/aromatic N) is 1. The monoisotopic (exact) mass is 428 g/mol. The molecule has 0 heterocycles. The first kappa shape index (κ1) is 22.3. The lowest BCUT2D eigenvalue weighted by Crippen LogP contribution is -2.50. The number of thioether (sulfide) groups is 1. The van der Waals surface area contributed by atoms with Crippen molar-refractivity contribution >= 4 is 23.6 Å². The zero-order valence-electron chi connectivity index (χ0n) is 17.4. The lowest BCUT2D eigenvalue weighted by molar-refractivity contribution is -0.138. The second kappa shape index (κ2) is 11.2. The molecule has 1 atom stereocenters. The summed E-state index contributed by atoms with van der Waals surface area (Å²) in [7, 11) is 0. The van der Waals surface area contributed by atoms with Crippen LogP contribution < -0.4 is 5.32 Å². The highest BCUT2D eigenvalue weighted by molar-refractivity contribution is 7.99. The van der Waals surface area contributed by atoms with Crippen molar-refractivity contribution in [3.05, 3.63) is 71.5 Å². The number of rotatable bonds is 9. The van der Waals surface area contributed by atoms with Crippen molar-refractivity contribution in [2.75, 3.05) is 5.75 Å². The molecule has 0 unspecified atom stereocenters. The van der Waals surface area contributed by atoms with Crippen LogP contribution in [-0.4, -0.2) is 34.6 Å². The molecule has 0 spiro atoms.